The highest BCUT2D eigenvalue weighted by molar-refractivity contribution is 6.35. The van der Waals surface area contributed by atoms with Crippen molar-refractivity contribution in [3.63, 3.8) is 0 Å². The summed E-state index contributed by atoms with van der Waals surface area (Å²) >= 11 is 6.17. The lowest BCUT2D eigenvalue weighted by atomic mass is 10.2. The average Bonchev–Trinajstić information content (AvgIpc) is 2.73. The molecule has 8 nitrogen and oxygen atoms in total. The van der Waals surface area contributed by atoms with Crippen LogP contribution in [0.3, 0.4) is 0 Å². The van der Waals surface area contributed by atoms with Crippen molar-refractivity contribution in [1.29, 1.82) is 0 Å². The molecule has 0 bridgehead atoms. The molecule has 0 heterocycles. The molecule has 3 N–H and O–H groups in total. The molecule has 30 heavy (non-hydrogen) atoms. The van der Waals surface area contributed by atoms with Gasteiger partial charge in [-0.05, 0) is 49.2 Å². The molecule has 0 aromatic heterocycles. The van der Waals surface area contributed by atoms with Crippen LogP contribution in [0.5, 0.6) is 5.75 Å². The van der Waals surface area contributed by atoms with E-state index < -0.39 is 11.8 Å². The zero-order valence-electron chi connectivity index (χ0n) is 16.6. The van der Waals surface area contributed by atoms with Crippen molar-refractivity contribution in [3.05, 3.63) is 59.1 Å². The van der Waals surface area contributed by atoms with E-state index >= 15 is 0 Å². The lowest BCUT2D eigenvalue weighted by molar-refractivity contribution is -0.139. The minimum Gasteiger partial charge on any atom is -0.482 e. The molecule has 9 heteroatoms. The van der Waals surface area contributed by atoms with Gasteiger partial charge in [0.15, 0.2) is 6.61 Å². The molecule has 0 saturated carbocycles. The molecular formula is C21H23ClN4O4. The normalized spacial score (nSPS) is 11.6. The molecular weight excluding hydrogens is 408 g/mol. The lowest BCUT2D eigenvalue weighted by Gasteiger charge is -2.10. The first-order valence-electron chi connectivity index (χ1n) is 9.30. The molecule has 0 aliphatic rings. The number of benzene rings is 2. The summed E-state index contributed by atoms with van der Waals surface area (Å²) in [6.07, 6.45) is 2.05. The van der Waals surface area contributed by atoms with E-state index in [0.717, 1.165) is 0 Å². The molecule has 2 aromatic carbocycles. The minimum atomic E-state index is -0.859. The van der Waals surface area contributed by atoms with E-state index in [4.69, 9.17) is 16.3 Å². The van der Waals surface area contributed by atoms with Crippen molar-refractivity contribution >= 4 is 41.2 Å². The fraction of sp³-hybridized carbons (Fsp3) is 0.238. The summed E-state index contributed by atoms with van der Waals surface area (Å²) in [5, 5.41) is 9.25. The van der Waals surface area contributed by atoms with Crippen molar-refractivity contribution in [1.82, 2.24) is 10.7 Å². The second-order valence-electron chi connectivity index (χ2n) is 6.37. The second-order valence-corrected chi connectivity index (χ2v) is 6.78. The van der Waals surface area contributed by atoms with Gasteiger partial charge in [0, 0.05) is 11.7 Å². The molecule has 158 valence electrons. The van der Waals surface area contributed by atoms with Crippen molar-refractivity contribution in [2.45, 2.75) is 26.3 Å². The van der Waals surface area contributed by atoms with E-state index in [2.05, 4.69) is 21.2 Å². The van der Waals surface area contributed by atoms with Crippen LogP contribution in [0.4, 0.5) is 5.69 Å². The van der Waals surface area contributed by atoms with E-state index in [1.165, 1.54) is 6.21 Å². The number of hydrazone groups is 1. The fourth-order valence-electron chi connectivity index (χ4n) is 2.18. The maximum Gasteiger partial charge on any atom is 0.329 e. The Kier molecular flexibility index (Phi) is 8.83. The Morgan fingerprint density at radius 2 is 1.87 bits per heavy atom. The molecule has 2 aromatic rings. The number of ether oxygens (including phenoxy) is 1. The number of carbonyl (C=O) groups is 3. The van der Waals surface area contributed by atoms with Gasteiger partial charge in [-0.15, -0.1) is 0 Å². The van der Waals surface area contributed by atoms with Crippen LogP contribution < -0.4 is 20.8 Å². The third kappa shape index (κ3) is 7.56. The monoisotopic (exact) mass is 430 g/mol. The fourth-order valence-corrected chi connectivity index (χ4v) is 2.43. The van der Waals surface area contributed by atoms with Gasteiger partial charge in [0.05, 0.1) is 11.2 Å². The van der Waals surface area contributed by atoms with Crippen LogP contribution in [0.15, 0.2) is 53.6 Å². The van der Waals surface area contributed by atoms with Crippen LogP contribution in [0.25, 0.3) is 0 Å². The van der Waals surface area contributed by atoms with Crippen LogP contribution in [0, 0.1) is 0 Å². The molecule has 0 aliphatic carbocycles. The Balaban J connectivity index is 1.84. The zero-order valence-corrected chi connectivity index (χ0v) is 17.4. The molecule has 3 amide bonds. The van der Waals surface area contributed by atoms with Crippen molar-refractivity contribution in [2.24, 2.45) is 5.10 Å². The highest BCUT2D eigenvalue weighted by Crippen LogP contribution is 2.25. The molecule has 2 rings (SSSR count). The van der Waals surface area contributed by atoms with Crippen molar-refractivity contribution in [3.8, 4) is 5.75 Å². The average molecular weight is 431 g/mol. The van der Waals surface area contributed by atoms with Crippen LogP contribution in [0.1, 0.15) is 25.8 Å². The van der Waals surface area contributed by atoms with Gasteiger partial charge in [0.1, 0.15) is 5.75 Å². The third-order valence-corrected chi connectivity index (χ3v) is 4.24. The maximum absolute atomic E-state index is 11.9. The minimum absolute atomic E-state index is 0.103. The summed E-state index contributed by atoms with van der Waals surface area (Å²) in [5.41, 5.74) is 3.39. The van der Waals surface area contributed by atoms with Gasteiger partial charge in [-0.3, -0.25) is 14.4 Å². The predicted molar refractivity (Wildman–Crippen MR) is 116 cm³/mol. The number of halogens is 1. The van der Waals surface area contributed by atoms with Crippen LogP contribution in [0.2, 0.25) is 5.02 Å². The van der Waals surface area contributed by atoms with E-state index in [0.29, 0.717) is 23.4 Å². The zero-order chi connectivity index (χ0) is 21.9. The van der Waals surface area contributed by atoms with Gasteiger partial charge in [-0.1, -0.05) is 36.7 Å². The topological polar surface area (TPSA) is 109 Å². The van der Waals surface area contributed by atoms with Gasteiger partial charge >= 0.3 is 11.8 Å². The predicted octanol–water partition coefficient (Wildman–Crippen LogP) is 2.72. The summed E-state index contributed by atoms with van der Waals surface area (Å²) in [5.74, 6) is -1.60. The summed E-state index contributed by atoms with van der Waals surface area (Å²) in [7, 11) is 0. The number of rotatable bonds is 8. The van der Waals surface area contributed by atoms with Gasteiger partial charge in [-0.25, -0.2) is 5.43 Å². The Bertz CT molecular complexity index is 918. The highest BCUT2D eigenvalue weighted by atomic mass is 35.5. The highest BCUT2D eigenvalue weighted by Gasteiger charge is 2.14. The number of para-hydroxylation sites is 1. The van der Waals surface area contributed by atoms with Gasteiger partial charge in [-0.2, -0.15) is 5.10 Å². The van der Waals surface area contributed by atoms with Crippen LogP contribution in [-0.4, -0.2) is 36.6 Å². The summed E-state index contributed by atoms with van der Waals surface area (Å²) < 4.78 is 5.44. The molecule has 0 saturated heterocycles. The van der Waals surface area contributed by atoms with Gasteiger partial charge < -0.3 is 15.4 Å². The molecule has 0 radical (unpaired) electrons. The largest absolute Gasteiger partial charge is 0.482 e. The quantitative estimate of drug-likeness (QED) is 0.340. The van der Waals surface area contributed by atoms with Gasteiger partial charge in [0.2, 0.25) is 0 Å². The van der Waals surface area contributed by atoms with Crippen LogP contribution >= 0.6 is 11.6 Å². The summed E-state index contributed by atoms with van der Waals surface area (Å²) in [6.45, 7) is 3.49. The Labute approximate surface area is 179 Å². The van der Waals surface area contributed by atoms with Crippen molar-refractivity contribution in [2.75, 3.05) is 11.9 Å². The number of anilines is 1. The van der Waals surface area contributed by atoms with E-state index in [9.17, 15) is 14.4 Å². The number of hydrogen-bond donors (Lipinski definition) is 3. The molecule has 0 spiro atoms. The summed E-state index contributed by atoms with van der Waals surface area (Å²) in [4.78, 5) is 35.2. The molecule has 0 unspecified atom stereocenters. The second kappa shape index (κ2) is 11.6. The van der Waals surface area contributed by atoms with E-state index in [1.54, 1.807) is 37.3 Å². The summed E-state index contributed by atoms with van der Waals surface area (Å²) in [6, 6.07) is 13.7. The SMILES string of the molecule is CC[C@@H](C)NC(=O)C(=O)N/N=C\c1ccc(OCC(=O)Nc2ccccc2)c(Cl)c1. The number of carbonyl (C=O) groups excluding carboxylic acids is 3. The Hall–Kier alpha value is -3.39. The van der Waals surface area contributed by atoms with E-state index in [-0.39, 0.29) is 23.6 Å². The molecule has 0 aliphatic heterocycles. The number of hydrogen-bond acceptors (Lipinski definition) is 5. The lowest BCUT2D eigenvalue weighted by Crippen LogP contribution is -2.41. The number of nitrogens with one attached hydrogen (secondary N) is 3. The Morgan fingerprint density at radius 3 is 2.53 bits per heavy atom. The Morgan fingerprint density at radius 1 is 1.13 bits per heavy atom. The number of amides is 3. The first kappa shape index (κ1) is 22.9. The first-order valence-corrected chi connectivity index (χ1v) is 9.68. The maximum atomic E-state index is 11.9. The molecule has 1 atom stereocenters. The number of nitrogens with zero attached hydrogens (tertiary/aromatic N) is 1. The van der Waals surface area contributed by atoms with Crippen molar-refractivity contribution < 1.29 is 19.1 Å². The third-order valence-electron chi connectivity index (χ3n) is 3.95. The first-order chi connectivity index (χ1) is 14.4. The van der Waals surface area contributed by atoms with Gasteiger partial charge in [0.25, 0.3) is 5.91 Å². The smallest absolute Gasteiger partial charge is 0.329 e. The van der Waals surface area contributed by atoms with E-state index in [1.807, 2.05) is 25.1 Å². The van der Waals surface area contributed by atoms with Crippen LogP contribution in [-0.2, 0) is 14.4 Å². The molecule has 0 fully saturated rings. The standard InChI is InChI=1S/C21H23ClN4O4/c1-3-14(2)24-20(28)21(29)26-23-12-15-9-10-18(17(22)11-15)30-13-19(27)25-16-7-5-4-6-8-16/h4-12,14H,3,13H2,1-2H3,(H,24,28)(H,25,27)(H,26,29)/b23-12-/t14-/m1/s1.